The fourth-order valence-electron chi connectivity index (χ4n) is 1.93. The van der Waals surface area contributed by atoms with E-state index in [1.165, 1.54) is 18.5 Å². The Hall–Kier alpha value is -0.860. The average Bonchev–Trinajstić information content (AvgIpc) is 2.34. The van der Waals surface area contributed by atoms with E-state index in [1.807, 2.05) is 7.05 Å². The monoisotopic (exact) mass is 234 g/mol. The van der Waals surface area contributed by atoms with Crippen molar-refractivity contribution in [3.63, 3.8) is 0 Å². The first-order valence-electron chi connectivity index (χ1n) is 6.54. The molecule has 0 amide bonds. The number of benzene rings is 1. The van der Waals surface area contributed by atoms with Gasteiger partial charge in [0, 0.05) is 12.6 Å². The van der Waals surface area contributed by atoms with Gasteiger partial charge < -0.3 is 10.2 Å². The molecule has 0 aliphatic heterocycles. The highest BCUT2D eigenvalue weighted by atomic mass is 15.1. The van der Waals surface area contributed by atoms with Crippen molar-refractivity contribution in [3.05, 3.63) is 35.9 Å². The summed E-state index contributed by atoms with van der Waals surface area (Å²) in [7, 11) is 4.24. The number of likely N-dealkylation sites (N-methyl/N-ethyl adjacent to an activating group) is 2. The first-order chi connectivity index (χ1) is 8.13. The molecule has 1 rings (SSSR count). The zero-order chi connectivity index (χ0) is 12.7. The van der Waals surface area contributed by atoms with Crippen molar-refractivity contribution in [2.45, 2.75) is 26.3 Å². The van der Waals surface area contributed by atoms with Crippen LogP contribution in [0.25, 0.3) is 0 Å². The molecule has 1 aromatic carbocycles. The van der Waals surface area contributed by atoms with E-state index in [9.17, 15) is 0 Å². The summed E-state index contributed by atoms with van der Waals surface area (Å²) in [6, 6.07) is 11.1. The largest absolute Gasteiger partial charge is 0.312 e. The molecule has 2 heteroatoms. The zero-order valence-corrected chi connectivity index (χ0v) is 11.6. The minimum Gasteiger partial charge on any atom is -0.312 e. The molecule has 0 aliphatic carbocycles. The molecule has 0 saturated heterocycles. The summed E-state index contributed by atoms with van der Waals surface area (Å²) >= 11 is 0. The molecular formula is C15H26N2. The predicted octanol–water partition coefficient (Wildman–Crippen LogP) is 2.93. The van der Waals surface area contributed by atoms with Crippen molar-refractivity contribution in [2.75, 3.05) is 27.2 Å². The molecule has 1 aromatic rings. The summed E-state index contributed by atoms with van der Waals surface area (Å²) in [5.74, 6) is 0.780. The Bertz CT molecular complexity index is 295. The molecule has 1 atom stereocenters. The van der Waals surface area contributed by atoms with Crippen LogP contribution in [0.3, 0.4) is 0 Å². The Morgan fingerprint density at radius 1 is 1.18 bits per heavy atom. The van der Waals surface area contributed by atoms with Gasteiger partial charge in [0.15, 0.2) is 0 Å². The van der Waals surface area contributed by atoms with E-state index in [-0.39, 0.29) is 0 Å². The van der Waals surface area contributed by atoms with Crippen LogP contribution in [0, 0.1) is 5.92 Å². The average molecular weight is 234 g/mol. The fraction of sp³-hybridized carbons (Fsp3) is 0.600. The normalized spacial score (nSPS) is 13.3. The second-order valence-electron chi connectivity index (χ2n) is 5.20. The standard InChI is InChI=1S/C15H26N2/c1-13(2)10-11-17(4)12-15(16-3)14-8-6-5-7-9-14/h5-9,13,15-16H,10-12H2,1-4H3. The van der Waals surface area contributed by atoms with Gasteiger partial charge in [0.05, 0.1) is 0 Å². The summed E-state index contributed by atoms with van der Waals surface area (Å²) in [5.41, 5.74) is 1.37. The lowest BCUT2D eigenvalue weighted by molar-refractivity contribution is 0.280. The van der Waals surface area contributed by atoms with Gasteiger partial charge in [0.2, 0.25) is 0 Å². The third-order valence-electron chi connectivity index (χ3n) is 3.13. The van der Waals surface area contributed by atoms with E-state index < -0.39 is 0 Å². The van der Waals surface area contributed by atoms with Crippen molar-refractivity contribution in [2.24, 2.45) is 5.92 Å². The van der Waals surface area contributed by atoms with E-state index in [0.717, 1.165) is 12.5 Å². The van der Waals surface area contributed by atoms with Crippen LogP contribution in [0.15, 0.2) is 30.3 Å². The van der Waals surface area contributed by atoms with E-state index in [2.05, 4.69) is 61.4 Å². The predicted molar refractivity (Wildman–Crippen MR) is 75.2 cm³/mol. The van der Waals surface area contributed by atoms with Gasteiger partial charge >= 0.3 is 0 Å². The lowest BCUT2D eigenvalue weighted by Gasteiger charge is -2.24. The van der Waals surface area contributed by atoms with Crippen LogP contribution >= 0.6 is 0 Å². The van der Waals surface area contributed by atoms with Gasteiger partial charge in [-0.3, -0.25) is 0 Å². The molecule has 1 unspecified atom stereocenters. The first kappa shape index (κ1) is 14.2. The summed E-state index contributed by atoms with van der Waals surface area (Å²) in [4.78, 5) is 2.41. The van der Waals surface area contributed by atoms with Gasteiger partial charge in [-0.1, -0.05) is 44.2 Å². The second-order valence-corrected chi connectivity index (χ2v) is 5.20. The third-order valence-corrected chi connectivity index (χ3v) is 3.13. The van der Waals surface area contributed by atoms with Gasteiger partial charge in [-0.05, 0) is 38.5 Å². The Labute approximate surface area is 106 Å². The van der Waals surface area contributed by atoms with Crippen molar-refractivity contribution in [1.82, 2.24) is 10.2 Å². The second kappa shape index (κ2) is 7.46. The van der Waals surface area contributed by atoms with Crippen LogP contribution in [0.1, 0.15) is 31.9 Å². The molecule has 0 heterocycles. The van der Waals surface area contributed by atoms with Crippen LogP contribution in [-0.2, 0) is 0 Å². The molecule has 2 nitrogen and oxygen atoms in total. The highest BCUT2D eigenvalue weighted by Gasteiger charge is 2.11. The van der Waals surface area contributed by atoms with Crippen molar-refractivity contribution in [1.29, 1.82) is 0 Å². The molecular weight excluding hydrogens is 208 g/mol. The SMILES string of the molecule is CNC(CN(C)CCC(C)C)c1ccccc1. The van der Waals surface area contributed by atoms with Crippen molar-refractivity contribution < 1.29 is 0 Å². The maximum Gasteiger partial charge on any atom is 0.0446 e. The van der Waals surface area contributed by atoms with E-state index in [1.54, 1.807) is 0 Å². The van der Waals surface area contributed by atoms with E-state index >= 15 is 0 Å². The number of nitrogens with zero attached hydrogens (tertiary/aromatic N) is 1. The summed E-state index contributed by atoms with van der Waals surface area (Å²) in [6.45, 7) is 6.79. The van der Waals surface area contributed by atoms with Gasteiger partial charge in [0.25, 0.3) is 0 Å². The Morgan fingerprint density at radius 2 is 1.82 bits per heavy atom. The Kier molecular flexibility index (Phi) is 6.23. The molecule has 0 aromatic heterocycles. The lowest BCUT2D eigenvalue weighted by atomic mass is 10.1. The maximum atomic E-state index is 3.40. The van der Waals surface area contributed by atoms with Crippen LogP contribution in [0.4, 0.5) is 0 Å². The quantitative estimate of drug-likeness (QED) is 0.780. The third kappa shape index (κ3) is 5.33. The molecule has 0 spiro atoms. The maximum absolute atomic E-state index is 3.40. The van der Waals surface area contributed by atoms with Crippen molar-refractivity contribution >= 4 is 0 Å². The zero-order valence-electron chi connectivity index (χ0n) is 11.6. The highest BCUT2D eigenvalue weighted by Crippen LogP contribution is 2.13. The molecule has 1 N–H and O–H groups in total. The van der Waals surface area contributed by atoms with Gasteiger partial charge in [-0.25, -0.2) is 0 Å². The number of rotatable bonds is 7. The lowest BCUT2D eigenvalue weighted by Crippen LogP contribution is -2.32. The van der Waals surface area contributed by atoms with Gasteiger partial charge in [-0.15, -0.1) is 0 Å². The topological polar surface area (TPSA) is 15.3 Å². The Morgan fingerprint density at radius 3 is 2.35 bits per heavy atom. The minimum atomic E-state index is 0.424. The number of nitrogens with one attached hydrogen (secondary N) is 1. The molecule has 0 radical (unpaired) electrons. The first-order valence-corrected chi connectivity index (χ1v) is 6.54. The highest BCUT2D eigenvalue weighted by molar-refractivity contribution is 5.19. The van der Waals surface area contributed by atoms with Crippen LogP contribution in [0.5, 0.6) is 0 Å². The van der Waals surface area contributed by atoms with E-state index in [0.29, 0.717) is 6.04 Å². The fourth-order valence-corrected chi connectivity index (χ4v) is 1.93. The minimum absolute atomic E-state index is 0.424. The molecule has 96 valence electrons. The van der Waals surface area contributed by atoms with Crippen LogP contribution < -0.4 is 5.32 Å². The van der Waals surface area contributed by atoms with Crippen molar-refractivity contribution in [3.8, 4) is 0 Å². The smallest absolute Gasteiger partial charge is 0.0446 e. The summed E-state index contributed by atoms with van der Waals surface area (Å²) in [5, 5.41) is 3.40. The number of hydrogen-bond donors (Lipinski definition) is 1. The van der Waals surface area contributed by atoms with Gasteiger partial charge in [-0.2, -0.15) is 0 Å². The molecule has 0 saturated carbocycles. The molecule has 0 fully saturated rings. The molecule has 0 bridgehead atoms. The summed E-state index contributed by atoms with van der Waals surface area (Å²) < 4.78 is 0. The van der Waals surface area contributed by atoms with Crippen LogP contribution in [-0.4, -0.2) is 32.1 Å². The van der Waals surface area contributed by atoms with E-state index in [4.69, 9.17) is 0 Å². The Balaban J connectivity index is 2.47. The number of hydrogen-bond acceptors (Lipinski definition) is 2. The molecule has 0 aliphatic rings. The van der Waals surface area contributed by atoms with Gasteiger partial charge in [0.1, 0.15) is 0 Å². The molecule has 17 heavy (non-hydrogen) atoms. The summed E-state index contributed by atoms with van der Waals surface area (Å²) in [6.07, 6.45) is 1.27. The van der Waals surface area contributed by atoms with Crippen LogP contribution in [0.2, 0.25) is 0 Å².